The first-order chi connectivity index (χ1) is 16.5. The van der Waals surface area contributed by atoms with Crippen LogP contribution in [0.3, 0.4) is 0 Å². The van der Waals surface area contributed by atoms with Gasteiger partial charge in [-0.05, 0) is 93.2 Å². The minimum absolute atomic E-state index is 0. The number of allylic oxidation sites excluding steroid dienone is 1. The highest BCUT2D eigenvalue weighted by Crippen LogP contribution is 2.46. The highest BCUT2D eigenvalue weighted by molar-refractivity contribution is 7.96. The molecule has 4 rings (SSSR count). The van der Waals surface area contributed by atoms with Crippen LogP contribution in [0.25, 0.3) is 11.1 Å². The summed E-state index contributed by atoms with van der Waals surface area (Å²) in [5, 5.41) is 0. The Bertz CT molecular complexity index is 1020. The maximum atomic E-state index is 15.1. The van der Waals surface area contributed by atoms with E-state index in [9.17, 15) is 0 Å². The third kappa shape index (κ3) is 5.56. The van der Waals surface area contributed by atoms with Gasteiger partial charge in [0, 0.05) is 18.7 Å². The van der Waals surface area contributed by atoms with Gasteiger partial charge in [-0.2, -0.15) is 0 Å². The van der Waals surface area contributed by atoms with Crippen molar-refractivity contribution in [1.29, 1.82) is 0 Å². The van der Waals surface area contributed by atoms with Crippen LogP contribution in [0.4, 0.5) is 4.39 Å². The molecule has 0 saturated heterocycles. The van der Waals surface area contributed by atoms with E-state index < -0.39 is 0 Å². The van der Waals surface area contributed by atoms with Crippen molar-refractivity contribution in [3.05, 3.63) is 71.3 Å². The number of halogens is 1. The molecular formula is C30H42FNOS. The first-order valence-corrected chi connectivity index (χ1v) is 14.0. The number of benzene rings is 2. The summed E-state index contributed by atoms with van der Waals surface area (Å²) < 4.78 is 24.9. The minimum Gasteiger partial charge on any atom is -0.490 e. The molecule has 2 aromatic rings. The fourth-order valence-electron chi connectivity index (χ4n) is 4.93. The molecule has 186 valence electrons. The van der Waals surface area contributed by atoms with Crippen LogP contribution >= 0.6 is 11.9 Å². The molecule has 2 aromatic carbocycles. The van der Waals surface area contributed by atoms with E-state index in [1.54, 1.807) is 6.07 Å². The van der Waals surface area contributed by atoms with E-state index in [1.165, 1.54) is 31.2 Å². The summed E-state index contributed by atoms with van der Waals surface area (Å²) >= 11 is 1.54. The zero-order chi connectivity index (χ0) is 24.7. The largest absolute Gasteiger partial charge is 0.490 e. The second-order valence-corrected chi connectivity index (χ2v) is 10.2. The van der Waals surface area contributed by atoms with E-state index >= 15 is 4.39 Å². The molecule has 2 aliphatic carbocycles. The Morgan fingerprint density at radius 3 is 2.38 bits per heavy atom. The molecule has 2 aliphatic rings. The van der Waals surface area contributed by atoms with Crippen LogP contribution in [0.5, 0.6) is 5.75 Å². The van der Waals surface area contributed by atoms with Gasteiger partial charge >= 0.3 is 0 Å². The Morgan fingerprint density at radius 1 is 1.09 bits per heavy atom. The van der Waals surface area contributed by atoms with Gasteiger partial charge in [0.1, 0.15) is 11.6 Å². The van der Waals surface area contributed by atoms with Crippen molar-refractivity contribution in [2.45, 2.75) is 90.1 Å². The van der Waals surface area contributed by atoms with Crippen molar-refractivity contribution in [2.75, 3.05) is 6.26 Å². The zero-order valence-corrected chi connectivity index (χ0v) is 22.3. The highest BCUT2D eigenvalue weighted by atomic mass is 32.2. The molecule has 0 radical (unpaired) electrons. The second kappa shape index (κ2) is 12.0. The van der Waals surface area contributed by atoms with Gasteiger partial charge in [-0.15, -0.1) is 5.73 Å². The van der Waals surface area contributed by atoms with Gasteiger partial charge in [0.25, 0.3) is 0 Å². The summed E-state index contributed by atoms with van der Waals surface area (Å²) in [6, 6.07) is 11.9. The lowest BCUT2D eigenvalue weighted by Crippen LogP contribution is -2.26. The number of nitrogens with one attached hydrogen (secondary N) is 1. The van der Waals surface area contributed by atoms with Crippen molar-refractivity contribution in [3.63, 3.8) is 0 Å². The summed E-state index contributed by atoms with van der Waals surface area (Å²) in [5.41, 5.74) is 7.63. The third-order valence-corrected chi connectivity index (χ3v) is 7.57. The Kier molecular flexibility index (Phi) is 9.33. The first-order valence-electron chi connectivity index (χ1n) is 12.7. The van der Waals surface area contributed by atoms with Crippen LogP contribution in [0.2, 0.25) is 0 Å². The molecule has 2 fully saturated rings. The van der Waals surface area contributed by atoms with Gasteiger partial charge in [0.2, 0.25) is 0 Å². The molecule has 0 spiro atoms. The molecule has 0 amide bonds. The zero-order valence-electron chi connectivity index (χ0n) is 21.5. The fraction of sp³-hybridized carbons (Fsp3) is 0.500. The van der Waals surface area contributed by atoms with Crippen LogP contribution < -0.4 is 9.46 Å². The fourth-order valence-corrected chi connectivity index (χ4v) is 5.46. The average Bonchev–Trinajstić information content (AvgIpc) is 3.32. The van der Waals surface area contributed by atoms with Gasteiger partial charge < -0.3 is 9.46 Å². The molecule has 0 unspecified atom stereocenters. The predicted molar refractivity (Wildman–Crippen MR) is 147 cm³/mol. The molecule has 4 heteroatoms. The summed E-state index contributed by atoms with van der Waals surface area (Å²) in [7, 11) is 0. The minimum atomic E-state index is -0.324. The third-order valence-electron chi connectivity index (χ3n) is 7.16. The van der Waals surface area contributed by atoms with Gasteiger partial charge in [0.15, 0.2) is 0 Å². The lowest BCUT2D eigenvalue weighted by molar-refractivity contribution is 0.211. The average molecular weight is 484 g/mol. The van der Waals surface area contributed by atoms with Crippen molar-refractivity contribution < 1.29 is 10.6 Å². The molecule has 1 N–H and O–H groups in total. The van der Waals surface area contributed by atoms with E-state index in [0.29, 0.717) is 5.92 Å². The number of hydrogen-bond acceptors (Lipinski definition) is 3. The highest BCUT2D eigenvalue weighted by Gasteiger charge is 2.30. The quantitative estimate of drug-likeness (QED) is 0.299. The Hall–Kier alpha value is -2.16. The molecule has 0 atom stereocenters. The van der Waals surface area contributed by atoms with E-state index in [2.05, 4.69) is 55.1 Å². The summed E-state index contributed by atoms with van der Waals surface area (Å²) in [4.78, 5) is 0. The van der Waals surface area contributed by atoms with E-state index in [-0.39, 0.29) is 18.8 Å². The van der Waals surface area contributed by atoms with Gasteiger partial charge in [-0.3, -0.25) is 0 Å². The van der Waals surface area contributed by atoms with E-state index in [0.717, 1.165) is 59.4 Å². The van der Waals surface area contributed by atoms with E-state index in [4.69, 9.17) is 4.74 Å². The summed E-state index contributed by atoms with van der Waals surface area (Å²) in [6.45, 7) is 12.2. The summed E-state index contributed by atoms with van der Waals surface area (Å²) in [5.74, 6) is 1.06. The van der Waals surface area contributed by atoms with Crippen LogP contribution in [0.1, 0.15) is 91.1 Å². The van der Waals surface area contributed by atoms with Gasteiger partial charge in [-0.25, -0.2) is 4.39 Å². The van der Waals surface area contributed by atoms with Crippen molar-refractivity contribution in [3.8, 4) is 16.9 Å². The standard InChI is InChI=1S/C28H34FNOS.C2H6.H2/c1-5-26(30-32-4)28(2,3)20-16-17-25(31-21-12-6-7-13-21)23(18-20)22-14-9-15-24(29)27(22)19-10-8-11-19;1-2;/h9,14-19,21,30H,1,6-8,10-13H2,2-4H3;1-2H3;1H. The Balaban J connectivity index is 0.00000140. The molecule has 0 aliphatic heterocycles. The predicted octanol–water partition coefficient (Wildman–Crippen LogP) is 9.17. The van der Waals surface area contributed by atoms with Gasteiger partial charge in [0.05, 0.1) is 11.8 Å². The molecular weight excluding hydrogens is 441 g/mol. The molecule has 0 heterocycles. The summed E-state index contributed by atoms with van der Waals surface area (Å²) in [6.07, 6.45) is 10.1. The molecule has 2 nitrogen and oxygen atoms in total. The van der Waals surface area contributed by atoms with Crippen LogP contribution in [0.15, 0.2) is 54.4 Å². The van der Waals surface area contributed by atoms with Crippen LogP contribution in [-0.2, 0) is 5.41 Å². The molecule has 0 bridgehead atoms. The van der Waals surface area contributed by atoms with Crippen molar-refractivity contribution >= 4 is 11.9 Å². The second-order valence-electron chi connectivity index (χ2n) is 9.55. The van der Waals surface area contributed by atoms with Crippen LogP contribution in [0, 0.1) is 5.82 Å². The normalized spacial score (nSPS) is 16.2. The van der Waals surface area contributed by atoms with Gasteiger partial charge in [-0.1, -0.05) is 57.0 Å². The number of hydrogen-bond donors (Lipinski definition) is 1. The SMILES string of the molecule is C=C=C(NSC)C(C)(C)c1ccc(OC2CCCC2)c(-c2cccc(F)c2C2CCC2)c1.CC.[HH]. The first kappa shape index (κ1) is 26.4. The molecule has 0 aromatic heterocycles. The number of ether oxygens (including phenoxy) is 1. The Morgan fingerprint density at radius 2 is 1.79 bits per heavy atom. The van der Waals surface area contributed by atoms with Crippen molar-refractivity contribution in [2.24, 2.45) is 0 Å². The lowest BCUT2D eigenvalue weighted by atomic mass is 9.75. The number of rotatable bonds is 8. The topological polar surface area (TPSA) is 21.3 Å². The lowest BCUT2D eigenvalue weighted by Gasteiger charge is -2.31. The van der Waals surface area contributed by atoms with E-state index in [1.807, 2.05) is 26.2 Å². The smallest absolute Gasteiger partial charge is 0.127 e. The molecule has 34 heavy (non-hydrogen) atoms. The molecule has 2 saturated carbocycles. The van der Waals surface area contributed by atoms with Crippen molar-refractivity contribution in [1.82, 2.24) is 4.72 Å². The monoisotopic (exact) mass is 483 g/mol. The maximum Gasteiger partial charge on any atom is 0.127 e. The van der Waals surface area contributed by atoms with Crippen LogP contribution in [-0.4, -0.2) is 12.4 Å². The Labute approximate surface area is 211 Å². The maximum absolute atomic E-state index is 15.1.